The summed E-state index contributed by atoms with van der Waals surface area (Å²) >= 11 is 0. The maximum atomic E-state index is 12.8. The van der Waals surface area contributed by atoms with Gasteiger partial charge in [-0.05, 0) is 83.5 Å². The lowest BCUT2D eigenvalue weighted by molar-refractivity contribution is -0.167. The van der Waals surface area contributed by atoms with Crippen molar-refractivity contribution >= 4 is 17.9 Å². The van der Waals surface area contributed by atoms with E-state index in [0.717, 1.165) is 89.9 Å². The second-order valence-electron chi connectivity index (χ2n) is 21.6. The van der Waals surface area contributed by atoms with Gasteiger partial charge in [0.1, 0.15) is 13.2 Å². The van der Waals surface area contributed by atoms with E-state index in [1.807, 2.05) is 0 Å². The number of unbranched alkanes of at least 4 members (excludes halogenated alkanes) is 38. The quantitative estimate of drug-likeness (QED) is 0.0261. The van der Waals surface area contributed by atoms with Crippen LogP contribution in [0.4, 0.5) is 0 Å². The maximum absolute atomic E-state index is 12.8. The molecule has 0 aromatic carbocycles. The van der Waals surface area contributed by atoms with Crippen molar-refractivity contribution in [2.75, 3.05) is 13.2 Å². The molecule has 0 aromatic rings. The third-order valence-electron chi connectivity index (χ3n) is 14.3. The van der Waals surface area contributed by atoms with Crippen LogP contribution < -0.4 is 0 Å². The molecule has 0 saturated carbocycles. The molecule has 0 radical (unpaired) electrons. The molecule has 6 heteroatoms. The summed E-state index contributed by atoms with van der Waals surface area (Å²) in [5.41, 5.74) is 0. The molecule has 0 rings (SSSR count). The summed E-state index contributed by atoms with van der Waals surface area (Å²) in [6.45, 7) is 6.54. The first-order valence-electron chi connectivity index (χ1n) is 32.3. The Balaban J connectivity index is 4.09. The number of ether oxygens (including phenoxy) is 3. The minimum Gasteiger partial charge on any atom is -0.462 e. The molecule has 6 nitrogen and oxygen atoms in total. The van der Waals surface area contributed by atoms with Gasteiger partial charge in [0.15, 0.2) is 6.10 Å². The highest BCUT2D eigenvalue weighted by Gasteiger charge is 2.19. The standard InChI is InChI=1S/C68H122O6/c1-4-7-10-13-16-19-22-24-26-27-28-29-30-31-32-33-34-35-36-37-38-39-40-41-43-44-46-49-52-55-58-61-67(70)73-64-65(63-72-66(69)60-57-54-51-48-21-18-15-12-9-6-3)74-68(71)62-59-56-53-50-47-45-42-25-23-20-17-14-11-8-5-2/h7,10,16,19,24-26,28-29,42,65H,4-6,8-9,11-15,17-18,20-23,27,30-41,43-64H2,1-3H3/b10-7-,19-16-,26-24-,29-28-,42-25-. The predicted octanol–water partition coefficient (Wildman–Crippen LogP) is 21.9. The number of allylic oxidation sites excluding steroid dienone is 10. The molecule has 0 aromatic heterocycles. The fourth-order valence-electron chi connectivity index (χ4n) is 9.43. The molecule has 430 valence electrons. The molecule has 1 unspecified atom stereocenters. The van der Waals surface area contributed by atoms with Gasteiger partial charge >= 0.3 is 17.9 Å². The van der Waals surface area contributed by atoms with Crippen molar-refractivity contribution in [3.8, 4) is 0 Å². The van der Waals surface area contributed by atoms with Crippen molar-refractivity contribution in [3.63, 3.8) is 0 Å². The molecule has 0 aliphatic heterocycles. The van der Waals surface area contributed by atoms with Gasteiger partial charge in [0.2, 0.25) is 0 Å². The lowest BCUT2D eigenvalue weighted by Gasteiger charge is -2.18. The van der Waals surface area contributed by atoms with Crippen LogP contribution in [0, 0.1) is 0 Å². The number of esters is 3. The average molecular weight is 1040 g/mol. The zero-order valence-corrected chi connectivity index (χ0v) is 49.4. The Morgan fingerprint density at radius 1 is 0.284 bits per heavy atom. The van der Waals surface area contributed by atoms with Gasteiger partial charge in [0.05, 0.1) is 0 Å². The monoisotopic (exact) mass is 1030 g/mol. The van der Waals surface area contributed by atoms with Gasteiger partial charge in [0, 0.05) is 19.3 Å². The third-order valence-corrected chi connectivity index (χ3v) is 14.3. The molecule has 74 heavy (non-hydrogen) atoms. The van der Waals surface area contributed by atoms with Crippen LogP contribution in [0.1, 0.15) is 335 Å². The van der Waals surface area contributed by atoms with Crippen LogP contribution in [0.25, 0.3) is 0 Å². The van der Waals surface area contributed by atoms with E-state index in [0.29, 0.717) is 19.3 Å². The molecule has 0 spiro atoms. The molecule has 0 heterocycles. The number of hydrogen-bond donors (Lipinski definition) is 0. The first-order chi connectivity index (χ1) is 36.5. The lowest BCUT2D eigenvalue weighted by Crippen LogP contribution is -2.30. The van der Waals surface area contributed by atoms with Crippen LogP contribution in [0.2, 0.25) is 0 Å². The number of hydrogen-bond acceptors (Lipinski definition) is 6. The summed E-state index contributed by atoms with van der Waals surface area (Å²) in [6, 6.07) is 0. The molecule has 0 aliphatic rings. The second-order valence-corrected chi connectivity index (χ2v) is 21.6. The molecule has 0 N–H and O–H groups in total. The summed E-state index contributed by atoms with van der Waals surface area (Å²) in [4.78, 5) is 38.2. The number of rotatable bonds is 59. The normalized spacial score (nSPS) is 12.4. The van der Waals surface area contributed by atoms with E-state index >= 15 is 0 Å². The van der Waals surface area contributed by atoms with Crippen LogP contribution in [0.15, 0.2) is 60.8 Å². The predicted molar refractivity (Wildman–Crippen MR) is 321 cm³/mol. The van der Waals surface area contributed by atoms with E-state index in [-0.39, 0.29) is 31.1 Å². The first-order valence-corrected chi connectivity index (χ1v) is 32.3. The molecular weight excluding hydrogens is 913 g/mol. The largest absolute Gasteiger partial charge is 0.462 e. The van der Waals surface area contributed by atoms with E-state index in [2.05, 4.69) is 81.5 Å². The Morgan fingerprint density at radius 3 is 0.838 bits per heavy atom. The SMILES string of the molecule is CC/C=C\C/C=C\C/C=C\C/C=C\CCCCCCCCCCCCCCCCCCCCC(=O)OCC(COC(=O)CCCCCCCCCCCC)OC(=O)CCCCCCC/C=C\CCCCCCCC. The Labute approximate surface area is 460 Å². The summed E-state index contributed by atoms with van der Waals surface area (Å²) < 4.78 is 16.9. The van der Waals surface area contributed by atoms with Crippen molar-refractivity contribution in [3.05, 3.63) is 60.8 Å². The summed E-state index contributed by atoms with van der Waals surface area (Å²) in [5, 5.41) is 0. The minimum absolute atomic E-state index is 0.0721. The van der Waals surface area contributed by atoms with Crippen molar-refractivity contribution in [2.24, 2.45) is 0 Å². The van der Waals surface area contributed by atoms with Crippen LogP contribution >= 0.6 is 0 Å². The summed E-state index contributed by atoms with van der Waals surface area (Å²) in [6.07, 6.45) is 79.6. The Bertz CT molecular complexity index is 1330. The highest BCUT2D eigenvalue weighted by Crippen LogP contribution is 2.17. The zero-order valence-electron chi connectivity index (χ0n) is 49.4. The van der Waals surface area contributed by atoms with Crippen molar-refractivity contribution in [2.45, 2.75) is 341 Å². The Kier molecular flexibility index (Phi) is 60.2. The number of carbonyl (C=O) groups excluding carboxylic acids is 3. The first kappa shape index (κ1) is 71.1. The van der Waals surface area contributed by atoms with Crippen LogP contribution in [0.5, 0.6) is 0 Å². The minimum atomic E-state index is -0.774. The van der Waals surface area contributed by atoms with Gasteiger partial charge in [-0.3, -0.25) is 14.4 Å². The smallest absolute Gasteiger partial charge is 0.306 e. The van der Waals surface area contributed by atoms with Crippen LogP contribution in [-0.4, -0.2) is 37.2 Å². The highest BCUT2D eigenvalue weighted by molar-refractivity contribution is 5.71. The van der Waals surface area contributed by atoms with Crippen molar-refractivity contribution in [1.29, 1.82) is 0 Å². The van der Waals surface area contributed by atoms with Gasteiger partial charge in [-0.2, -0.15) is 0 Å². The maximum Gasteiger partial charge on any atom is 0.306 e. The van der Waals surface area contributed by atoms with Crippen molar-refractivity contribution in [1.82, 2.24) is 0 Å². The van der Waals surface area contributed by atoms with Gasteiger partial charge < -0.3 is 14.2 Å². The van der Waals surface area contributed by atoms with Gasteiger partial charge in [-0.1, -0.05) is 293 Å². The van der Waals surface area contributed by atoms with E-state index in [1.165, 1.54) is 205 Å². The topological polar surface area (TPSA) is 78.9 Å². The van der Waals surface area contributed by atoms with Gasteiger partial charge in [-0.15, -0.1) is 0 Å². The molecule has 0 saturated heterocycles. The molecule has 0 amide bonds. The Morgan fingerprint density at radius 2 is 0.527 bits per heavy atom. The lowest BCUT2D eigenvalue weighted by atomic mass is 10.0. The average Bonchev–Trinajstić information content (AvgIpc) is 3.40. The van der Waals surface area contributed by atoms with Crippen LogP contribution in [0.3, 0.4) is 0 Å². The van der Waals surface area contributed by atoms with E-state index < -0.39 is 6.10 Å². The molecule has 1 atom stereocenters. The van der Waals surface area contributed by atoms with Crippen LogP contribution in [-0.2, 0) is 28.6 Å². The molecule has 0 aliphatic carbocycles. The Hall–Kier alpha value is -2.89. The third kappa shape index (κ3) is 60.0. The van der Waals surface area contributed by atoms with Gasteiger partial charge in [0.25, 0.3) is 0 Å². The highest BCUT2D eigenvalue weighted by atomic mass is 16.6. The fraction of sp³-hybridized carbons (Fsp3) is 0.809. The van der Waals surface area contributed by atoms with E-state index in [4.69, 9.17) is 14.2 Å². The number of carbonyl (C=O) groups is 3. The second kappa shape index (κ2) is 62.6. The molecule has 0 fully saturated rings. The molecular formula is C68H122O6. The van der Waals surface area contributed by atoms with Gasteiger partial charge in [-0.25, -0.2) is 0 Å². The van der Waals surface area contributed by atoms with E-state index in [1.54, 1.807) is 0 Å². The summed E-state index contributed by atoms with van der Waals surface area (Å²) in [7, 11) is 0. The summed E-state index contributed by atoms with van der Waals surface area (Å²) in [5.74, 6) is -0.864. The molecule has 0 bridgehead atoms. The fourth-order valence-corrected chi connectivity index (χ4v) is 9.43. The van der Waals surface area contributed by atoms with Crippen molar-refractivity contribution < 1.29 is 28.6 Å². The zero-order chi connectivity index (χ0) is 53.6. The van der Waals surface area contributed by atoms with E-state index in [9.17, 15) is 14.4 Å².